The second kappa shape index (κ2) is 37.2. The first-order chi connectivity index (χ1) is 43.4. The van der Waals surface area contributed by atoms with Gasteiger partial charge in [0, 0.05) is 54.7 Å². The van der Waals surface area contributed by atoms with E-state index >= 15 is 0 Å². The number of benzene rings is 2. The molecule has 1 aliphatic rings. The lowest BCUT2D eigenvalue weighted by Gasteiger charge is -2.36. The molecule has 1 heterocycles. The van der Waals surface area contributed by atoms with Crippen LogP contribution in [0.4, 0.5) is 0 Å². The number of aliphatic hydroxyl groups is 1. The summed E-state index contributed by atoms with van der Waals surface area (Å²) in [5, 5.41) is 30.4. The van der Waals surface area contributed by atoms with Crippen LogP contribution in [0.5, 0.6) is 0 Å². The topological polar surface area (TPSA) is 325 Å². The van der Waals surface area contributed by atoms with E-state index in [0.717, 1.165) is 15.4 Å². The first kappa shape index (κ1) is 79.4. The molecule has 0 bridgehead atoms. The fourth-order valence-corrected chi connectivity index (χ4v) is 11.2. The van der Waals surface area contributed by atoms with E-state index < -0.39 is 155 Å². The van der Waals surface area contributed by atoms with Crippen molar-refractivity contribution in [3.8, 4) is 0 Å². The van der Waals surface area contributed by atoms with Crippen LogP contribution < -0.4 is 37.2 Å². The minimum Gasteiger partial charge on any atom is -0.391 e. The van der Waals surface area contributed by atoms with E-state index in [0.29, 0.717) is 18.4 Å². The lowest BCUT2D eigenvalue weighted by atomic mass is 9.93. The van der Waals surface area contributed by atoms with Crippen molar-refractivity contribution in [3.05, 3.63) is 71.8 Å². The first-order valence-electron chi connectivity index (χ1n) is 32.6. The monoisotopic (exact) mass is 1300 g/mol. The van der Waals surface area contributed by atoms with Gasteiger partial charge in [-0.25, -0.2) is 0 Å². The maximum Gasteiger partial charge on any atom is 0.248 e. The maximum atomic E-state index is 14.6. The third kappa shape index (κ3) is 23.3. The predicted molar refractivity (Wildman–Crippen MR) is 354 cm³/mol. The number of Topliss-reactive ketones (excluding diaryl/α,β-unsaturated/α-hetero) is 1. The number of rotatable bonds is 12. The number of hydrogen-bond acceptors (Lipinski definition) is 14. The minimum atomic E-state index is -1.60. The highest BCUT2D eigenvalue weighted by Gasteiger charge is 2.41. The molecule has 0 unspecified atom stereocenters. The summed E-state index contributed by atoms with van der Waals surface area (Å²) in [6.45, 7) is 22.7. The fourth-order valence-electron chi connectivity index (χ4n) is 11.2. The van der Waals surface area contributed by atoms with Gasteiger partial charge in [0.05, 0.1) is 30.5 Å². The number of hydrogen-bond donors (Lipinski definition) is 8. The van der Waals surface area contributed by atoms with Crippen LogP contribution in [-0.4, -0.2) is 222 Å². The molecule has 1 fully saturated rings. The molecule has 0 spiro atoms. The van der Waals surface area contributed by atoms with Crippen molar-refractivity contribution in [1.82, 2.24) is 61.7 Å². The van der Waals surface area contributed by atoms with E-state index in [2.05, 4.69) is 37.2 Å². The van der Waals surface area contributed by atoms with Crippen LogP contribution >= 0.6 is 0 Å². The number of nitrogens with one attached hydrogen (secondary N) is 7. The molecule has 518 valence electrons. The minimum absolute atomic E-state index is 0.00116. The Bertz CT molecular complexity index is 2880. The molecule has 8 N–H and O–H groups in total. The van der Waals surface area contributed by atoms with Gasteiger partial charge in [-0.15, -0.1) is 0 Å². The average molecular weight is 1300 g/mol. The van der Waals surface area contributed by atoms with Crippen LogP contribution in [0.1, 0.15) is 127 Å². The van der Waals surface area contributed by atoms with Crippen LogP contribution in [0.2, 0.25) is 0 Å². The number of ketones is 1. The van der Waals surface area contributed by atoms with Gasteiger partial charge in [-0.1, -0.05) is 122 Å². The Morgan fingerprint density at radius 1 is 0.473 bits per heavy atom. The highest BCUT2D eigenvalue weighted by molar-refractivity contribution is 5.99. The molecule has 11 amide bonds. The van der Waals surface area contributed by atoms with Crippen molar-refractivity contribution < 1.29 is 62.6 Å². The summed E-state index contributed by atoms with van der Waals surface area (Å²) in [6.07, 6.45) is -0.401. The Hall–Kier alpha value is -7.80. The van der Waals surface area contributed by atoms with Gasteiger partial charge < -0.3 is 66.8 Å². The Morgan fingerprint density at radius 2 is 0.968 bits per heavy atom. The molecule has 1 aliphatic heterocycles. The summed E-state index contributed by atoms with van der Waals surface area (Å²) in [6, 6.07) is 5.43. The molecule has 93 heavy (non-hydrogen) atoms. The van der Waals surface area contributed by atoms with E-state index in [1.165, 1.54) is 91.5 Å². The van der Waals surface area contributed by atoms with Crippen LogP contribution in [0.25, 0.3) is 0 Å². The van der Waals surface area contributed by atoms with Gasteiger partial charge in [0.1, 0.15) is 54.4 Å². The Morgan fingerprint density at radius 3 is 1.48 bits per heavy atom. The summed E-state index contributed by atoms with van der Waals surface area (Å²) in [4.78, 5) is 178. The molecule has 2 aromatic carbocycles. The molecule has 3 rings (SSSR count). The van der Waals surface area contributed by atoms with Gasteiger partial charge in [-0.2, -0.15) is 0 Å². The fraction of sp³-hybridized carbons (Fsp3) is 0.647. The molecular weight excluding hydrogens is 1190 g/mol. The average Bonchev–Trinajstić information content (AvgIpc) is 0.901. The number of amides is 11. The summed E-state index contributed by atoms with van der Waals surface area (Å²) >= 11 is 0. The summed E-state index contributed by atoms with van der Waals surface area (Å²) in [5.74, 6) is -10.7. The highest BCUT2D eigenvalue weighted by atomic mass is 16.3. The molecular formula is C68H108N12O13. The molecule has 0 saturated carbocycles. The third-order valence-electron chi connectivity index (χ3n) is 17.5. The number of carbonyl (C=O) groups is 12. The third-order valence-corrected chi connectivity index (χ3v) is 17.5. The molecule has 0 aliphatic carbocycles. The van der Waals surface area contributed by atoms with Crippen LogP contribution in [0.15, 0.2) is 60.7 Å². The van der Waals surface area contributed by atoms with Crippen molar-refractivity contribution in [2.24, 2.45) is 35.5 Å². The van der Waals surface area contributed by atoms with Crippen molar-refractivity contribution in [1.29, 1.82) is 0 Å². The van der Waals surface area contributed by atoms with Crippen LogP contribution in [-0.2, 0) is 70.4 Å². The lowest BCUT2D eigenvalue weighted by molar-refractivity contribution is -0.148. The van der Waals surface area contributed by atoms with E-state index in [1.54, 1.807) is 81.4 Å². The maximum absolute atomic E-state index is 14.6. The zero-order chi connectivity index (χ0) is 70.5. The first-order valence-corrected chi connectivity index (χ1v) is 32.6. The van der Waals surface area contributed by atoms with Gasteiger partial charge in [0.15, 0.2) is 5.78 Å². The van der Waals surface area contributed by atoms with Crippen LogP contribution in [0, 0.1) is 35.5 Å². The Labute approximate surface area is 550 Å². The standard InChI is InChI=1S/C68H108N12O13/c1-20-41(8)55-67(92)76(15)37-51(33-48-27-23-21-24-28-48)61(86)71-42(9)58(83)70-43(10)59(84)73-52(34-49-29-25-22-26-30-49)62(87)72-44(11)64(89)78(17)46(13)65(90)79(18)53(32-39(4)5)54(82)36-69-35-50(31-38(2)3)66(91)80(19)57(40(6)7)63(88)75-56(47(14)81)68(93)77(16)45(12)60(85)74-55/h21-30,38-47,50-53,55-57,69,81H,20,31-37H2,1-19H3,(H,70,83)(H,71,86)(H,72,87)(H,73,84)(H,74,85)(H,75,88)/t41-,42-,43-,44-,45-,46+,47+,50+,51+,52-,53-,55-,56-,57-/m0/s1. The largest absolute Gasteiger partial charge is 0.391 e. The zero-order valence-corrected chi connectivity index (χ0v) is 58.3. The second-order valence-electron chi connectivity index (χ2n) is 26.6. The normalized spacial score (nSPS) is 27.4. The molecule has 14 atom stereocenters. The van der Waals surface area contributed by atoms with E-state index in [-0.39, 0.29) is 56.5 Å². The predicted octanol–water partition coefficient (Wildman–Crippen LogP) is 1.83. The highest BCUT2D eigenvalue weighted by Crippen LogP contribution is 2.22. The van der Waals surface area contributed by atoms with Crippen LogP contribution in [0.3, 0.4) is 0 Å². The van der Waals surface area contributed by atoms with Crippen molar-refractivity contribution in [3.63, 3.8) is 0 Å². The number of likely N-dealkylation sites (N-methyl/N-ethyl adjacent to an activating group) is 5. The van der Waals surface area contributed by atoms with Crippen molar-refractivity contribution in [2.45, 2.75) is 196 Å². The SMILES string of the molecule is CC[C@H](C)[C@@H]1NC(=O)[C@H](C)N(C)C(=O)[C@H]([C@@H](C)O)NC(=O)[C@H](C(C)C)N(C)C(=O)[C@H](CC(C)C)CNCC(=O)[C@H](CC(C)C)N(C)C(=O)[C@@H](C)N(C)C(=O)[C@H](C)NC(=O)[C@H](Cc2ccccc2)NC(=O)[C@H](C)NC(=O)[C@H](C)NC(=O)[C@H](Cc2ccccc2)CN(C)C1=O. The molecule has 25 heteroatoms. The number of carbonyl (C=O) groups excluding carboxylic acids is 12. The molecule has 0 aromatic heterocycles. The lowest BCUT2D eigenvalue weighted by Crippen LogP contribution is -2.61. The summed E-state index contributed by atoms with van der Waals surface area (Å²) in [7, 11) is 7.13. The van der Waals surface area contributed by atoms with Gasteiger partial charge in [0.25, 0.3) is 0 Å². The van der Waals surface area contributed by atoms with E-state index in [9.17, 15) is 62.6 Å². The second-order valence-corrected chi connectivity index (χ2v) is 26.6. The van der Waals surface area contributed by atoms with Crippen molar-refractivity contribution in [2.75, 3.05) is 54.9 Å². The van der Waals surface area contributed by atoms with Crippen molar-refractivity contribution >= 4 is 70.8 Å². The summed E-state index contributed by atoms with van der Waals surface area (Å²) in [5.41, 5.74) is 1.39. The molecule has 0 radical (unpaired) electrons. The zero-order valence-electron chi connectivity index (χ0n) is 58.3. The molecule has 25 nitrogen and oxygen atoms in total. The summed E-state index contributed by atoms with van der Waals surface area (Å²) < 4.78 is 0. The Balaban J connectivity index is 2.14. The van der Waals surface area contributed by atoms with E-state index in [4.69, 9.17) is 0 Å². The van der Waals surface area contributed by atoms with Gasteiger partial charge in [-0.05, 0) is 95.6 Å². The van der Waals surface area contributed by atoms with Gasteiger partial charge >= 0.3 is 0 Å². The van der Waals surface area contributed by atoms with Gasteiger partial charge in [-0.3, -0.25) is 57.5 Å². The quantitative estimate of drug-likeness (QED) is 0.150. The smallest absolute Gasteiger partial charge is 0.248 e. The van der Waals surface area contributed by atoms with Gasteiger partial charge in [0.2, 0.25) is 65.0 Å². The Kier molecular flexibility index (Phi) is 31.8. The molecule has 2 aromatic rings. The number of nitrogens with zero attached hydrogens (tertiary/aromatic N) is 5. The number of aliphatic hydroxyl groups excluding tert-OH is 1. The molecule has 1 saturated heterocycles. The van der Waals surface area contributed by atoms with E-state index in [1.807, 2.05) is 34.6 Å².